The number of rotatable bonds is 4. The van der Waals surface area contributed by atoms with E-state index in [0.29, 0.717) is 5.95 Å². The number of anilines is 3. The number of hydrogen-bond donors (Lipinski definition) is 0. The van der Waals surface area contributed by atoms with Crippen LogP contribution in [0.1, 0.15) is 5.56 Å². The van der Waals surface area contributed by atoms with Crippen LogP contribution < -0.4 is 14.7 Å². The second-order valence-electron chi connectivity index (χ2n) is 7.06. The molecule has 0 spiro atoms. The topological polar surface area (TPSA) is 68.7 Å². The van der Waals surface area contributed by atoms with Gasteiger partial charge in [-0.05, 0) is 24.6 Å². The third kappa shape index (κ3) is 3.94. The molecule has 27 heavy (non-hydrogen) atoms. The number of hydrogen-bond acceptors (Lipinski definition) is 7. The van der Waals surface area contributed by atoms with E-state index in [2.05, 4.69) is 56.1 Å². The summed E-state index contributed by atoms with van der Waals surface area (Å²) in [6.45, 7) is 8.74. The first-order valence-corrected chi connectivity index (χ1v) is 9.43. The van der Waals surface area contributed by atoms with Crippen molar-refractivity contribution in [3.05, 3.63) is 36.0 Å². The Morgan fingerprint density at radius 3 is 2.33 bits per heavy atom. The fourth-order valence-electron chi connectivity index (χ4n) is 3.62. The predicted octanol–water partition coefficient (Wildman–Crippen LogP) is 0.785. The van der Waals surface area contributed by atoms with Crippen molar-refractivity contribution in [3.63, 3.8) is 0 Å². The van der Waals surface area contributed by atoms with Crippen LogP contribution in [0.4, 0.5) is 17.5 Å². The maximum atomic E-state index is 10.9. The summed E-state index contributed by atoms with van der Waals surface area (Å²) in [5.41, 5.74) is 2.56. The molecule has 2 fully saturated rings. The number of piperazine rings is 2. The monoisotopic (exact) mass is 367 g/mol. The zero-order valence-electron chi connectivity index (χ0n) is 15.7. The molecule has 1 amide bonds. The smallest absolute Gasteiger partial charge is 0.247 e. The largest absolute Gasteiger partial charge is 0.368 e. The highest BCUT2D eigenvalue weighted by Gasteiger charge is 2.22. The highest BCUT2D eigenvalue weighted by molar-refractivity contribution is 5.51. The molecule has 0 N–H and O–H groups in total. The van der Waals surface area contributed by atoms with Crippen molar-refractivity contribution >= 4 is 23.9 Å². The summed E-state index contributed by atoms with van der Waals surface area (Å²) >= 11 is 0. The van der Waals surface area contributed by atoms with E-state index >= 15 is 0 Å². The van der Waals surface area contributed by atoms with Crippen molar-refractivity contribution < 1.29 is 4.79 Å². The Bertz CT molecular complexity index is 783. The van der Waals surface area contributed by atoms with Crippen molar-refractivity contribution in [2.24, 2.45) is 0 Å². The van der Waals surface area contributed by atoms with Gasteiger partial charge in [-0.2, -0.15) is 10.1 Å². The average Bonchev–Trinajstić information content (AvgIpc) is 2.74. The van der Waals surface area contributed by atoms with E-state index in [1.54, 1.807) is 11.1 Å². The minimum atomic E-state index is 0.689. The van der Waals surface area contributed by atoms with Crippen LogP contribution in [0.25, 0.3) is 0 Å². The Balaban J connectivity index is 1.39. The van der Waals surface area contributed by atoms with Gasteiger partial charge in [0.25, 0.3) is 0 Å². The van der Waals surface area contributed by atoms with Gasteiger partial charge >= 0.3 is 0 Å². The highest BCUT2D eigenvalue weighted by Crippen LogP contribution is 2.20. The lowest BCUT2D eigenvalue weighted by Crippen LogP contribution is -2.48. The third-order valence-electron chi connectivity index (χ3n) is 5.25. The molecule has 2 aromatic rings. The molecular weight excluding hydrogens is 342 g/mol. The molecule has 1 aromatic carbocycles. The quantitative estimate of drug-likeness (QED) is 0.740. The van der Waals surface area contributed by atoms with Crippen LogP contribution in [0, 0.1) is 6.92 Å². The molecule has 3 heterocycles. The number of nitrogens with zero attached hydrogens (tertiary/aromatic N) is 7. The molecule has 0 atom stereocenters. The van der Waals surface area contributed by atoms with Gasteiger partial charge in [0.2, 0.25) is 12.4 Å². The molecular formula is C19H25N7O. The Morgan fingerprint density at radius 2 is 1.63 bits per heavy atom. The van der Waals surface area contributed by atoms with Gasteiger partial charge in [0.1, 0.15) is 0 Å². The standard InChI is InChI=1S/C19H25N7O/c1-16-3-2-4-17(13-16)24-9-11-26(12-10-24)19-21-18(14-20-22-19)25-7-5-23(15-27)6-8-25/h2-4,13-15H,5-12H2,1H3. The SMILES string of the molecule is Cc1cccc(N2CCN(c3nncc(N4CCN(C=O)CC4)n3)CC2)c1. The zero-order chi connectivity index (χ0) is 18.6. The summed E-state index contributed by atoms with van der Waals surface area (Å²) in [6, 6.07) is 8.63. The fourth-order valence-corrected chi connectivity index (χ4v) is 3.62. The van der Waals surface area contributed by atoms with E-state index in [4.69, 9.17) is 4.98 Å². The van der Waals surface area contributed by atoms with E-state index < -0.39 is 0 Å². The van der Waals surface area contributed by atoms with Gasteiger partial charge in [0, 0.05) is 58.0 Å². The molecule has 0 bridgehead atoms. The number of aromatic nitrogens is 3. The van der Waals surface area contributed by atoms with Crippen molar-refractivity contribution in [2.45, 2.75) is 6.92 Å². The van der Waals surface area contributed by atoms with Crippen LogP contribution in [0.3, 0.4) is 0 Å². The van der Waals surface area contributed by atoms with E-state index in [1.165, 1.54) is 11.3 Å². The number of aryl methyl sites for hydroxylation is 1. The molecule has 0 saturated carbocycles. The van der Waals surface area contributed by atoms with Crippen molar-refractivity contribution in [2.75, 3.05) is 67.1 Å². The van der Waals surface area contributed by atoms with E-state index in [9.17, 15) is 4.79 Å². The number of carbonyl (C=O) groups is 1. The van der Waals surface area contributed by atoms with Crippen LogP contribution >= 0.6 is 0 Å². The number of carbonyl (C=O) groups excluding carboxylic acids is 1. The summed E-state index contributed by atoms with van der Waals surface area (Å²) in [4.78, 5) is 24.2. The molecule has 2 saturated heterocycles. The lowest BCUT2D eigenvalue weighted by atomic mass is 10.2. The normalized spacial score (nSPS) is 18.0. The van der Waals surface area contributed by atoms with Crippen LogP contribution in [-0.4, -0.2) is 78.8 Å². The van der Waals surface area contributed by atoms with E-state index in [0.717, 1.165) is 64.6 Å². The summed E-state index contributed by atoms with van der Waals surface area (Å²) in [6.07, 6.45) is 2.62. The van der Waals surface area contributed by atoms with Crippen molar-refractivity contribution in [3.8, 4) is 0 Å². The lowest BCUT2D eigenvalue weighted by Gasteiger charge is -2.37. The summed E-state index contributed by atoms with van der Waals surface area (Å²) in [7, 11) is 0. The van der Waals surface area contributed by atoms with Gasteiger partial charge in [0.15, 0.2) is 5.82 Å². The molecule has 142 valence electrons. The number of benzene rings is 1. The Hall–Kier alpha value is -2.90. The molecule has 2 aliphatic rings. The van der Waals surface area contributed by atoms with Gasteiger partial charge in [0.05, 0.1) is 6.20 Å². The Kier molecular flexibility index (Phi) is 5.04. The Labute approximate surface area is 159 Å². The van der Waals surface area contributed by atoms with Crippen LogP contribution in [0.2, 0.25) is 0 Å². The molecule has 8 heteroatoms. The molecule has 8 nitrogen and oxygen atoms in total. The van der Waals surface area contributed by atoms with Gasteiger partial charge in [-0.25, -0.2) is 0 Å². The summed E-state index contributed by atoms with van der Waals surface area (Å²) in [5.74, 6) is 1.53. The summed E-state index contributed by atoms with van der Waals surface area (Å²) in [5, 5.41) is 8.42. The van der Waals surface area contributed by atoms with Crippen LogP contribution in [-0.2, 0) is 4.79 Å². The first kappa shape index (κ1) is 17.5. The van der Waals surface area contributed by atoms with Gasteiger partial charge in [-0.1, -0.05) is 12.1 Å². The minimum absolute atomic E-state index is 0.689. The maximum Gasteiger partial charge on any atom is 0.247 e. The van der Waals surface area contributed by atoms with Gasteiger partial charge in [-0.15, -0.1) is 5.10 Å². The minimum Gasteiger partial charge on any atom is -0.368 e. The molecule has 0 aliphatic carbocycles. The second kappa shape index (κ2) is 7.77. The zero-order valence-corrected chi connectivity index (χ0v) is 15.7. The fraction of sp³-hybridized carbons (Fsp3) is 0.474. The van der Waals surface area contributed by atoms with Crippen LogP contribution in [0.5, 0.6) is 0 Å². The molecule has 0 radical (unpaired) electrons. The van der Waals surface area contributed by atoms with Crippen molar-refractivity contribution in [1.82, 2.24) is 20.1 Å². The van der Waals surface area contributed by atoms with E-state index in [-0.39, 0.29) is 0 Å². The van der Waals surface area contributed by atoms with Crippen LogP contribution in [0.15, 0.2) is 30.5 Å². The predicted molar refractivity (Wildman–Crippen MR) is 105 cm³/mol. The maximum absolute atomic E-state index is 10.9. The van der Waals surface area contributed by atoms with Gasteiger partial charge in [-0.3, -0.25) is 4.79 Å². The third-order valence-corrected chi connectivity index (χ3v) is 5.25. The molecule has 1 aromatic heterocycles. The average molecular weight is 367 g/mol. The molecule has 0 unspecified atom stereocenters. The van der Waals surface area contributed by atoms with E-state index in [1.807, 2.05) is 0 Å². The Morgan fingerprint density at radius 1 is 0.926 bits per heavy atom. The first-order valence-electron chi connectivity index (χ1n) is 9.43. The summed E-state index contributed by atoms with van der Waals surface area (Å²) < 4.78 is 0. The number of amides is 1. The highest BCUT2D eigenvalue weighted by atomic mass is 16.1. The second-order valence-corrected chi connectivity index (χ2v) is 7.06. The molecule has 4 rings (SSSR count). The molecule has 2 aliphatic heterocycles. The first-order chi connectivity index (χ1) is 13.2. The lowest BCUT2D eigenvalue weighted by molar-refractivity contribution is -0.118. The van der Waals surface area contributed by atoms with Gasteiger partial charge < -0.3 is 19.6 Å². The van der Waals surface area contributed by atoms with Crippen molar-refractivity contribution in [1.29, 1.82) is 0 Å².